The van der Waals surface area contributed by atoms with Gasteiger partial charge in [-0.05, 0) is 43.2 Å². The van der Waals surface area contributed by atoms with E-state index in [0.29, 0.717) is 64.1 Å². The van der Waals surface area contributed by atoms with Crippen LogP contribution < -0.4 is 10.9 Å². The van der Waals surface area contributed by atoms with Gasteiger partial charge in [-0.15, -0.1) is 5.10 Å². The Labute approximate surface area is 265 Å². The number of anilines is 1. The second-order valence-electron chi connectivity index (χ2n) is 10.7. The molecule has 1 aliphatic heterocycles. The number of hydrogen-bond acceptors (Lipinski definition) is 8. The number of nitrogens with one attached hydrogen (secondary N) is 2. The molecule has 15 heteroatoms. The second-order valence-corrected chi connectivity index (χ2v) is 11.6. The summed E-state index contributed by atoms with van der Waals surface area (Å²) in [6.07, 6.45) is 11.6. The van der Waals surface area contributed by atoms with Gasteiger partial charge in [0.15, 0.2) is 11.0 Å². The van der Waals surface area contributed by atoms with Gasteiger partial charge in [0.25, 0.3) is 5.56 Å². The van der Waals surface area contributed by atoms with Crippen LogP contribution in [0.3, 0.4) is 0 Å². The molecule has 2 N–H and O–H groups in total. The van der Waals surface area contributed by atoms with Crippen molar-refractivity contribution in [3.63, 3.8) is 0 Å². The Morgan fingerprint density at radius 2 is 1.87 bits per heavy atom. The van der Waals surface area contributed by atoms with Gasteiger partial charge in [-0.3, -0.25) is 19.1 Å². The molecule has 0 saturated heterocycles. The van der Waals surface area contributed by atoms with Crippen LogP contribution in [0.4, 0.5) is 5.69 Å². The molecule has 0 spiro atoms. The summed E-state index contributed by atoms with van der Waals surface area (Å²) < 4.78 is 4.68. The average Bonchev–Trinajstić information content (AvgIpc) is 3.81. The highest BCUT2D eigenvalue weighted by Gasteiger charge is 2.24. The number of hydrogen-bond donors (Lipinski definition) is 2. The lowest BCUT2D eigenvalue weighted by atomic mass is 9.97. The zero-order valence-electron chi connectivity index (χ0n) is 23.8. The zero-order chi connectivity index (χ0) is 31.1. The first-order valence-electron chi connectivity index (χ1n) is 14.2. The van der Waals surface area contributed by atoms with Crippen molar-refractivity contribution in [1.82, 2.24) is 49.3 Å². The Hall–Kier alpha value is -5.14. The molecule has 0 aliphatic carbocycles. The minimum atomic E-state index is -0.446. The summed E-state index contributed by atoms with van der Waals surface area (Å²) in [5.41, 5.74) is 3.85. The van der Waals surface area contributed by atoms with E-state index < -0.39 is 6.04 Å². The van der Waals surface area contributed by atoms with Crippen LogP contribution >= 0.6 is 23.2 Å². The van der Waals surface area contributed by atoms with Crippen molar-refractivity contribution < 1.29 is 4.79 Å². The van der Waals surface area contributed by atoms with Crippen LogP contribution in [0.5, 0.6) is 0 Å². The summed E-state index contributed by atoms with van der Waals surface area (Å²) in [6, 6.07) is 9.93. The molecule has 0 radical (unpaired) electrons. The van der Waals surface area contributed by atoms with Crippen LogP contribution in [0.2, 0.25) is 10.2 Å². The summed E-state index contributed by atoms with van der Waals surface area (Å²) in [5.74, 6) is 0.189. The fourth-order valence-electron chi connectivity index (χ4n) is 5.45. The third-order valence-electron chi connectivity index (χ3n) is 7.77. The zero-order valence-corrected chi connectivity index (χ0v) is 25.3. The van der Waals surface area contributed by atoms with E-state index in [1.54, 1.807) is 58.6 Å². The highest BCUT2D eigenvalue weighted by molar-refractivity contribution is 6.31. The number of benzene rings is 1. The average molecular weight is 643 g/mol. The predicted octanol–water partition coefficient (Wildman–Crippen LogP) is 5.12. The number of pyridine rings is 1. The lowest BCUT2D eigenvalue weighted by molar-refractivity contribution is -0.119. The van der Waals surface area contributed by atoms with Gasteiger partial charge < -0.3 is 10.3 Å². The first-order valence-corrected chi connectivity index (χ1v) is 14.9. The Morgan fingerprint density at radius 3 is 2.64 bits per heavy atom. The molecular formula is C30H25Cl2N11O2. The van der Waals surface area contributed by atoms with E-state index in [9.17, 15) is 9.59 Å². The van der Waals surface area contributed by atoms with E-state index in [1.165, 1.54) is 17.1 Å². The minimum absolute atomic E-state index is 0.113. The quantitative estimate of drug-likeness (QED) is 0.269. The molecule has 5 aromatic heterocycles. The molecule has 1 aliphatic rings. The molecular weight excluding hydrogens is 617 g/mol. The van der Waals surface area contributed by atoms with Crippen molar-refractivity contribution >= 4 is 34.8 Å². The monoisotopic (exact) mass is 641 g/mol. The van der Waals surface area contributed by atoms with E-state index in [-0.39, 0.29) is 22.5 Å². The summed E-state index contributed by atoms with van der Waals surface area (Å²) in [6.45, 7) is 1.89. The molecule has 0 fully saturated rings. The van der Waals surface area contributed by atoms with Gasteiger partial charge >= 0.3 is 0 Å². The highest BCUT2D eigenvalue weighted by Crippen LogP contribution is 2.33. The summed E-state index contributed by atoms with van der Waals surface area (Å²) >= 11 is 12.3. The largest absolute Gasteiger partial charge is 0.349 e. The van der Waals surface area contributed by atoms with Gasteiger partial charge in [0.05, 0.1) is 53.9 Å². The number of carbonyl (C=O) groups is 1. The van der Waals surface area contributed by atoms with Gasteiger partial charge in [0.2, 0.25) is 5.91 Å². The van der Waals surface area contributed by atoms with E-state index in [0.717, 1.165) is 5.56 Å². The van der Waals surface area contributed by atoms with Crippen LogP contribution in [0, 0.1) is 5.92 Å². The van der Waals surface area contributed by atoms with Crippen molar-refractivity contribution in [2.45, 2.75) is 32.2 Å². The van der Waals surface area contributed by atoms with Crippen molar-refractivity contribution in [3.8, 4) is 34.0 Å². The minimum Gasteiger partial charge on any atom is -0.349 e. The van der Waals surface area contributed by atoms with Crippen molar-refractivity contribution in [2.75, 3.05) is 5.32 Å². The van der Waals surface area contributed by atoms with Gasteiger partial charge in [-0.2, -0.15) is 5.10 Å². The molecule has 226 valence electrons. The smallest absolute Gasteiger partial charge is 0.254 e. The Kier molecular flexibility index (Phi) is 7.47. The molecule has 1 amide bonds. The van der Waals surface area contributed by atoms with Crippen LogP contribution in [0.15, 0.2) is 78.6 Å². The van der Waals surface area contributed by atoms with Gasteiger partial charge in [0.1, 0.15) is 5.69 Å². The number of halogens is 2. The Morgan fingerprint density at radius 1 is 0.978 bits per heavy atom. The maximum Gasteiger partial charge on any atom is 0.254 e. The number of aromatic amines is 1. The van der Waals surface area contributed by atoms with E-state index >= 15 is 0 Å². The molecule has 1 aromatic carbocycles. The predicted molar refractivity (Wildman–Crippen MR) is 168 cm³/mol. The fraction of sp³-hybridized carbons (Fsp3) is 0.200. The number of H-pyrrole nitrogens is 1. The van der Waals surface area contributed by atoms with Crippen LogP contribution in [-0.2, 0) is 4.79 Å². The number of carbonyl (C=O) groups excluding carboxylic acids is 1. The highest BCUT2D eigenvalue weighted by atomic mass is 35.5. The number of nitrogens with zero attached hydrogens (tertiary/aromatic N) is 9. The first-order chi connectivity index (χ1) is 21.8. The Bertz CT molecular complexity index is 2080. The molecule has 6 aromatic rings. The number of rotatable bonds is 4. The van der Waals surface area contributed by atoms with Crippen LogP contribution in [0.1, 0.15) is 37.9 Å². The normalized spacial score (nSPS) is 16.8. The molecule has 6 heterocycles. The number of aromatic nitrogens is 10. The molecule has 2 atom stereocenters. The summed E-state index contributed by atoms with van der Waals surface area (Å²) in [5, 5.41) is 16.4. The summed E-state index contributed by atoms with van der Waals surface area (Å²) in [7, 11) is 0. The maximum absolute atomic E-state index is 13.8. The maximum atomic E-state index is 13.8. The van der Waals surface area contributed by atoms with E-state index in [1.807, 2.05) is 19.1 Å². The van der Waals surface area contributed by atoms with Gasteiger partial charge in [-0.25, -0.2) is 19.3 Å². The number of fused-ring (bicyclic) bond motifs is 4. The molecule has 45 heavy (non-hydrogen) atoms. The number of amides is 1. The van der Waals surface area contributed by atoms with Gasteiger partial charge in [-0.1, -0.05) is 41.8 Å². The van der Waals surface area contributed by atoms with Crippen LogP contribution in [0.25, 0.3) is 34.0 Å². The molecule has 13 nitrogen and oxygen atoms in total. The molecule has 7 rings (SSSR count). The van der Waals surface area contributed by atoms with Crippen molar-refractivity contribution in [3.05, 3.63) is 100 Å². The fourth-order valence-corrected chi connectivity index (χ4v) is 5.75. The standard InChI is InChI=1S/C30H25Cl2N11O2/c1-17-3-2-4-25(22-9-18(7-8-34-22)29-23(37-30(17)45)13-43(39-29)27-12-33-15-35-27)41-16-36-21(11-28(41)44)20-10-19(31)5-6-24(20)42-14-26(32)38-40-42/h5-17,25H,2-4H2,1H3,(H,33,35)(H,37,45)/t17-,25+/m1/s1. The molecule has 2 bridgehead atoms. The molecule has 0 unspecified atom stereocenters. The van der Waals surface area contributed by atoms with E-state index in [2.05, 4.69) is 35.6 Å². The van der Waals surface area contributed by atoms with Gasteiger partial charge in [0, 0.05) is 40.5 Å². The second kappa shape index (κ2) is 11.7. The first kappa shape index (κ1) is 28.6. The van der Waals surface area contributed by atoms with Crippen molar-refractivity contribution in [1.29, 1.82) is 0 Å². The summed E-state index contributed by atoms with van der Waals surface area (Å²) in [4.78, 5) is 43.5. The van der Waals surface area contributed by atoms with E-state index in [4.69, 9.17) is 28.3 Å². The van der Waals surface area contributed by atoms with Crippen molar-refractivity contribution in [2.24, 2.45) is 5.92 Å². The third kappa shape index (κ3) is 5.63. The third-order valence-corrected chi connectivity index (χ3v) is 8.18. The topological polar surface area (TPSA) is 154 Å². The lowest BCUT2D eigenvalue weighted by Crippen LogP contribution is -2.27. The Balaban J connectivity index is 1.31. The SMILES string of the molecule is C[C@@H]1CCC[C@H](n2cnc(-c3cc(Cl)ccc3-n3cc(Cl)nn3)cc2=O)c2cc(ccn2)-c2nn(-c3c[nH]cn3)cc2NC1=O. The van der Waals surface area contributed by atoms with Crippen LogP contribution in [-0.4, -0.2) is 55.2 Å². The number of imidazole rings is 1. The lowest BCUT2D eigenvalue weighted by Gasteiger charge is -2.22. The molecule has 0 saturated carbocycles.